The molecule has 0 amide bonds. The SMILES string of the molecule is CCC1CCC(NC(=NC)NCC2CCN(S(C)(=O)=O)CC2)CC1. The van der Waals surface area contributed by atoms with Crippen LogP contribution in [0.3, 0.4) is 0 Å². The molecule has 2 rings (SSSR count). The van der Waals surface area contributed by atoms with Crippen molar-refractivity contribution in [2.45, 2.75) is 57.9 Å². The van der Waals surface area contributed by atoms with Crippen LogP contribution in [0.2, 0.25) is 0 Å². The van der Waals surface area contributed by atoms with Crippen molar-refractivity contribution in [1.82, 2.24) is 14.9 Å². The van der Waals surface area contributed by atoms with Gasteiger partial charge in [0.25, 0.3) is 0 Å². The second-order valence-corrected chi connectivity index (χ2v) is 9.31. The highest BCUT2D eigenvalue weighted by atomic mass is 32.2. The van der Waals surface area contributed by atoms with Crippen molar-refractivity contribution in [3.05, 3.63) is 0 Å². The van der Waals surface area contributed by atoms with Crippen molar-refractivity contribution in [2.24, 2.45) is 16.8 Å². The van der Waals surface area contributed by atoms with Crippen LogP contribution in [0.1, 0.15) is 51.9 Å². The molecular formula is C17H34N4O2S. The fraction of sp³-hybridized carbons (Fsp3) is 0.941. The summed E-state index contributed by atoms with van der Waals surface area (Å²) < 4.78 is 24.7. The Balaban J connectivity index is 1.69. The average molecular weight is 359 g/mol. The number of hydrogen-bond acceptors (Lipinski definition) is 3. The first-order valence-corrected chi connectivity index (χ1v) is 11.2. The van der Waals surface area contributed by atoms with Crippen LogP contribution in [0, 0.1) is 11.8 Å². The normalized spacial score (nSPS) is 27.9. The Hall–Kier alpha value is -0.820. The molecule has 0 bridgehead atoms. The molecule has 6 nitrogen and oxygen atoms in total. The summed E-state index contributed by atoms with van der Waals surface area (Å²) in [7, 11) is -1.22. The summed E-state index contributed by atoms with van der Waals surface area (Å²) in [5.74, 6) is 2.30. The van der Waals surface area contributed by atoms with Crippen LogP contribution in [-0.2, 0) is 10.0 Å². The third-order valence-corrected chi connectivity index (χ3v) is 6.89. The Labute approximate surface area is 147 Å². The van der Waals surface area contributed by atoms with E-state index in [0.29, 0.717) is 25.0 Å². The third-order valence-electron chi connectivity index (χ3n) is 5.59. The summed E-state index contributed by atoms with van der Waals surface area (Å²) in [6, 6.07) is 0.533. The highest BCUT2D eigenvalue weighted by molar-refractivity contribution is 7.88. The molecule has 0 aromatic carbocycles. The summed E-state index contributed by atoms with van der Waals surface area (Å²) in [5.41, 5.74) is 0. The van der Waals surface area contributed by atoms with Crippen LogP contribution in [0.25, 0.3) is 0 Å². The van der Waals surface area contributed by atoms with Crippen molar-refractivity contribution in [3.8, 4) is 0 Å². The van der Waals surface area contributed by atoms with Gasteiger partial charge in [-0.25, -0.2) is 12.7 Å². The Morgan fingerprint density at radius 2 is 1.71 bits per heavy atom. The molecule has 0 aromatic heterocycles. The van der Waals surface area contributed by atoms with E-state index in [0.717, 1.165) is 31.3 Å². The molecule has 1 aliphatic carbocycles. The highest BCUT2D eigenvalue weighted by Crippen LogP contribution is 2.26. The van der Waals surface area contributed by atoms with Crippen molar-refractivity contribution < 1.29 is 8.42 Å². The van der Waals surface area contributed by atoms with Crippen molar-refractivity contribution in [3.63, 3.8) is 0 Å². The Kier molecular flexibility index (Phi) is 7.34. The molecule has 7 heteroatoms. The maximum atomic E-state index is 11.6. The smallest absolute Gasteiger partial charge is 0.211 e. The summed E-state index contributed by atoms with van der Waals surface area (Å²) in [6.45, 7) is 4.42. The Morgan fingerprint density at radius 3 is 2.21 bits per heavy atom. The van der Waals surface area contributed by atoms with Gasteiger partial charge < -0.3 is 10.6 Å². The van der Waals surface area contributed by atoms with E-state index in [4.69, 9.17) is 0 Å². The standard InChI is InChI=1S/C17H34N4O2S/c1-4-14-5-7-16(8-6-14)20-17(18-2)19-13-15-9-11-21(12-10-15)24(3,22)23/h14-16H,4-13H2,1-3H3,(H2,18,19,20). The zero-order chi connectivity index (χ0) is 17.6. The van der Waals surface area contributed by atoms with Gasteiger partial charge in [0.2, 0.25) is 10.0 Å². The molecule has 0 unspecified atom stereocenters. The maximum absolute atomic E-state index is 11.6. The van der Waals surface area contributed by atoms with Crippen molar-refractivity contribution in [1.29, 1.82) is 0 Å². The lowest BCUT2D eigenvalue weighted by Gasteiger charge is -2.32. The molecule has 2 N–H and O–H groups in total. The highest BCUT2D eigenvalue weighted by Gasteiger charge is 2.25. The van der Waals surface area contributed by atoms with E-state index in [2.05, 4.69) is 22.5 Å². The van der Waals surface area contributed by atoms with E-state index < -0.39 is 10.0 Å². The minimum atomic E-state index is -3.03. The fourth-order valence-corrected chi connectivity index (χ4v) is 4.66. The van der Waals surface area contributed by atoms with Gasteiger partial charge in [-0.05, 0) is 50.4 Å². The van der Waals surface area contributed by atoms with Gasteiger partial charge >= 0.3 is 0 Å². The van der Waals surface area contributed by atoms with Gasteiger partial charge in [0.1, 0.15) is 0 Å². The molecule has 0 radical (unpaired) electrons. The van der Waals surface area contributed by atoms with E-state index in [1.54, 1.807) is 4.31 Å². The molecule has 1 saturated carbocycles. The van der Waals surface area contributed by atoms with E-state index >= 15 is 0 Å². The van der Waals surface area contributed by atoms with E-state index in [1.165, 1.54) is 38.4 Å². The Morgan fingerprint density at radius 1 is 1.08 bits per heavy atom. The van der Waals surface area contributed by atoms with Crippen LogP contribution in [0.4, 0.5) is 0 Å². The van der Waals surface area contributed by atoms with Gasteiger partial charge in [-0.1, -0.05) is 13.3 Å². The summed E-state index contributed by atoms with van der Waals surface area (Å²) in [5, 5.41) is 6.99. The molecule has 0 spiro atoms. The van der Waals surface area contributed by atoms with Gasteiger partial charge in [-0.3, -0.25) is 4.99 Å². The molecule has 140 valence electrons. The zero-order valence-corrected chi connectivity index (χ0v) is 16.2. The molecule has 2 aliphatic rings. The topological polar surface area (TPSA) is 73.8 Å². The van der Waals surface area contributed by atoms with Gasteiger partial charge in [-0.2, -0.15) is 0 Å². The Bertz CT molecular complexity index is 505. The van der Waals surface area contributed by atoms with Gasteiger partial charge in [0.15, 0.2) is 5.96 Å². The molecule has 24 heavy (non-hydrogen) atoms. The van der Waals surface area contributed by atoms with Gasteiger partial charge in [0, 0.05) is 32.7 Å². The molecule has 0 atom stereocenters. The minimum Gasteiger partial charge on any atom is -0.356 e. The fourth-order valence-electron chi connectivity index (χ4n) is 3.79. The first kappa shape index (κ1) is 19.5. The quantitative estimate of drug-likeness (QED) is 0.580. The van der Waals surface area contributed by atoms with Crippen LogP contribution < -0.4 is 10.6 Å². The number of piperidine rings is 1. The number of aliphatic imine (C=N–C) groups is 1. The second-order valence-electron chi connectivity index (χ2n) is 7.33. The van der Waals surface area contributed by atoms with Crippen LogP contribution in [-0.4, -0.2) is 57.7 Å². The monoisotopic (exact) mass is 358 g/mol. The molecule has 1 saturated heterocycles. The van der Waals surface area contributed by atoms with E-state index in [9.17, 15) is 8.42 Å². The minimum absolute atomic E-state index is 0.511. The molecule has 1 aliphatic heterocycles. The summed E-state index contributed by atoms with van der Waals surface area (Å²) in [4.78, 5) is 4.35. The van der Waals surface area contributed by atoms with Gasteiger partial charge in [-0.15, -0.1) is 0 Å². The second kappa shape index (κ2) is 9.04. The van der Waals surface area contributed by atoms with Crippen molar-refractivity contribution in [2.75, 3.05) is 32.9 Å². The van der Waals surface area contributed by atoms with Crippen LogP contribution in [0.5, 0.6) is 0 Å². The average Bonchev–Trinajstić information content (AvgIpc) is 2.58. The first-order chi connectivity index (χ1) is 11.4. The van der Waals surface area contributed by atoms with Crippen molar-refractivity contribution >= 4 is 16.0 Å². The van der Waals surface area contributed by atoms with Gasteiger partial charge in [0.05, 0.1) is 6.26 Å². The molecule has 2 fully saturated rings. The third kappa shape index (κ3) is 5.92. The number of hydrogen-bond donors (Lipinski definition) is 2. The number of nitrogens with one attached hydrogen (secondary N) is 2. The molecule has 1 heterocycles. The number of sulfonamides is 1. The largest absolute Gasteiger partial charge is 0.356 e. The van der Waals surface area contributed by atoms with E-state index in [-0.39, 0.29) is 0 Å². The zero-order valence-electron chi connectivity index (χ0n) is 15.4. The van der Waals surface area contributed by atoms with E-state index in [1.807, 2.05) is 7.05 Å². The summed E-state index contributed by atoms with van der Waals surface area (Å²) >= 11 is 0. The molecule has 0 aromatic rings. The lowest BCUT2D eigenvalue weighted by atomic mass is 9.84. The molecular weight excluding hydrogens is 324 g/mol. The predicted molar refractivity (Wildman–Crippen MR) is 99.7 cm³/mol. The number of guanidine groups is 1. The maximum Gasteiger partial charge on any atom is 0.211 e. The number of nitrogens with zero attached hydrogens (tertiary/aromatic N) is 2. The predicted octanol–water partition coefficient (Wildman–Crippen LogP) is 1.79. The summed E-state index contributed by atoms with van der Waals surface area (Å²) in [6.07, 6.45) is 9.51. The van der Waals surface area contributed by atoms with Crippen LogP contribution in [0.15, 0.2) is 4.99 Å². The first-order valence-electron chi connectivity index (χ1n) is 9.34. The lowest BCUT2D eigenvalue weighted by molar-refractivity contribution is 0.273. The van der Waals surface area contributed by atoms with Crippen LogP contribution >= 0.6 is 0 Å². The number of rotatable bonds is 5. The lowest BCUT2D eigenvalue weighted by Crippen LogP contribution is -2.47.